The number of halogens is 2. The Kier molecular flexibility index (Phi) is 5.67. The molecule has 11 heteroatoms. The molecule has 0 aliphatic carbocycles. The van der Waals surface area contributed by atoms with E-state index in [-0.39, 0.29) is 23.8 Å². The average molecular weight is 423 g/mol. The van der Waals surface area contributed by atoms with Crippen LogP contribution in [0.1, 0.15) is 10.5 Å². The van der Waals surface area contributed by atoms with E-state index in [9.17, 15) is 20.0 Å². The molecule has 2 N–H and O–H groups in total. The van der Waals surface area contributed by atoms with Gasteiger partial charge in [-0.25, -0.2) is 4.68 Å². The number of rotatable bonds is 6. The number of phenolic OH excluding ortho intramolecular Hbond substituents is 1. The second-order valence-corrected chi connectivity index (χ2v) is 6.34. The molecule has 3 aromatic rings. The van der Waals surface area contributed by atoms with E-state index in [2.05, 4.69) is 10.4 Å². The molecule has 28 heavy (non-hydrogen) atoms. The minimum Gasteiger partial charge on any atom is -0.506 e. The van der Waals surface area contributed by atoms with Crippen molar-refractivity contribution >= 4 is 40.5 Å². The fraction of sp³-hybridized carbons (Fsp3) is 0.0588. The van der Waals surface area contributed by atoms with E-state index in [0.717, 1.165) is 12.1 Å². The molecule has 3 rings (SSSR count). The first-order valence-corrected chi connectivity index (χ1v) is 8.49. The van der Waals surface area contributed by atoms with Crippen LogP contribution < -0.4 is 10.1 Å². The van der Waals surface area contributed by atoms with E-state index < -0.39 is 16.6 Å². The molecule has 2 aromatic carbocycles. The predicted octanol–water partition coefficient (Wildman–Crippen LogP) is 4.09. The van der Waals surface area contributed by atoms with Gasteiger partial charge in [0.15, 0.2) is 12.4 Å². The number of nitro groups is 1. The van der Waals surface area contributed by atoms with Gasteiger partial charge in [-0.15, -0.1) is 0 Å². The van der Waals surface area contributed by atoms with E-state index in [0.29, 0.717) is 15.8 Å². The van der Waals surface area contributed by atoms with Gasteiger partial charge in [0.1, 0.15) is 11.5 Å². The van der Waals surface area contributed by atoms with Crippen molar-refractivity contribution in [1.29, 1.82) is 0 Å². The molecule has 1 heterocycles. The third-order valence-electron chi connectivity index (χ3n) is 3.56. The number of nitrogens with one attached hydrogen (secondary N) is 1. The highest BCUT2D eigenvalue weighted by Crippen LogP contribution is 2.29. The number of amides is 1. The highest BCUT2D eigenvalue weighted by atomic mass is 35.5. The number of carbonyl (C=O) groups excluding carboxylic acids is 1. The second kappa shape index (κ2) is 8.15. The highest BCUT2D eigenvalue weighted by molar-refractivity contribution is 6.35. The Hall–Kier alpha value is -3.30. The Morgan fingerprint density at radius 2 is 2.04 bits per heavy atom. The van der Waals surface area contributed by atoms with Gasteiger partial charge in [0.2, 0.25) is 0 Å². The number of non-ortho nitro benzene ring substituents is 1. The fourth-order valence-corrected chi connectivity index (χ4v) is 2.67. The maximum Gasteiger partial charge on any atom is 0.276 e. The van der Waals surface area contributed by atoms with Gasteiger partial charge in [-0.05, 0) is 30.3 Å². The zero-order valence-electron chi connectivity index (χ0n) is 14.0. The average Bonchev–Trinajstić information content (AvgIpc) is 3.11. The Morgan fingerprint density at radius 1 is 1.25 bits per heavy atom. The standard InChI is InChI=1S/C17H12Cl2N4O5/c18-10-1-4-16(12(19)7-10)28-9-22-6-5-14(21-22)17(25)20-13-3-2-11(23(26)27)8-15(13)24/h1-8,24H,9H2,(H,20,25). The van der Waals surface area contributed by atoms with E-state index in [1.807, 2.05) is 0 Å². The van der Waals surface area contributed by atoms with Gasteiger partial charge >= 0.3 is 0 Å². The molecule has 0 fully saturated rings. The number of benzene rings is 2. The predicted molar refractivity (Wildman–Crippen MR) is 102 cm³/mol. The number of anilines is 1. The second-order valence-electron chi connectivity index (χ2n) is 5.50. The van der Waals surface area contributed by atoms with Crippen molar-refractivity contribution in [3.63, 3.8) is 0 Å². The van der Waals surface area contributed by atoms with E-state index in [4.69, 9.17) is 27.9 Å². The summed E-state index contributed by atoms with van der Waals surface area (Å²) in [7, 11) is 0. The number of aromatic nitrogens is 2. The molecule has 0 aliphatic heterocycles. The number of hydrogen-bond donors (Lipinski definition) is 2. The van der Waals surface area contributed by atoms with Crippen molar-refractivity contribution < 1.29 is 19.6 Å². The molecule has 1 amide bonds. The largest absolute Gasteiger partial charge is 0.506 e. The number of nitro benzene ring substituents is 1. The lowest BCUT2D eigenvalue weighted by Gasteiger charge is -2.08. The topological polar surface area (TPSA) is 120 Å². The van der Waals surface area contributed by atoms with Crippen LogP contribution in [0.5, 0.6) is 11.5 Å². The first-order valence-electron chi connectivity index (χ1n) is 7.73. The normalized spacial score (nSPS) is 10.5. The lowest BCUT2D eigenvalue weighted by atomic mass is 10.2. The Balaban J connectivity index is 1.64. The SMILES string of the molecule is O=C(Nc1ccc([N+](=O)[O-])cc1O)c1ccn(COc2ccc(Cl)cc2Cl)n1. The minimum atomic E-state index is -0.653. The monoisotopic (exact) mass is 422 g/mol. The van der Waals surface area contributed by atoms with Crippen LogP contribution in [0.4, 0.5) is 11.4 Å². The Morgan fingerprint density at radius 3 is 2.71 bits per heavy atom. The first kappa shape index (κ1) is 19.5. The van der Waals surface area contributed by atoms with Crippen LogP contribution in [0.3, 0.4) is 0 Å². The van der Waals surface area contributed by atoms with Crippen LogP contribution in [0.25, 0.3) is 0 Å². The molecule has 9 nitrogen and oxygen atoms in total. The van der Waals surface area contributed by atoms with E-state index in [1.165, 1.54) is 29.1 Å². The summed E-state index contributed by atoms with van der Waals surface area (Å²) >= 11 is 11.8. The molecule has 0 spiro atoms. The molecule has 144 valence electrons. The van der Waals surface area contributed by atoms with Gasteiger partial charge in [-0.2, -0.15) is 5.10 Å². The van der Waals surface area contributed by atoms with Gasteiger partial charge in [-0.1, -0.05) is 23.2 Å². The number of ether oxygens (including phenoxy) is 1. The fourth-order valence-electron chi connectivity index (χ4n) is 2.21. The van der Waals surface area contributed by atoms with Crippen molar-refractivity contribution in [2.75, 3.05) is 5.32 Å². The number of aromatic hydroxyl groups is 1. The Bertz CT molecular complexity index is 1050. The first-order chi connectivity index (χ1) is 13.3. The summed E-state index contributed by atoms with van der Waals surface area (Å²) < 4.78 is 6.89. The number of phenols is 1. The number of nitrogens with zero attached hydrogens (tertiary/aromatic N) is 3. The van der Waals surface area contributed by atoms with E-state index >= 15 is 0 Å². The zero-order valence-corrected chi connectivity index (χ0v) is 15.5. The van der Waals surface area contributed by atoms with Gasteiger partial charge in [0.25, 0.3) is 11.6 Å². The quantitative estimate of drug-likeness (QED) is 0.350. The van der Waals surface area contributed by atoms with Gasteiger partial charge in [0.05, 0.1) is 21.7 Å². The number of hydrogen-bond acceptors (Lipinski definition) is 6. The van der Waals surface area contributed by atoms with Crippen molar-refractivity contribution in [3.05, 3.63) is 74.5 Å². The summed E-state index contributed by atoms with van der Waals surface area (Å²) in [4.78, 5) is 22.3. The molecular weight excluding hydrogens is 411 g/mol. The molecule has 0 saturated heterocycles. The molecule has 0 saturated carbocycles. The molecule has 1 aromatic heterocycles. The van der Waals surface area contributed by atoms with Gasteiger partial charge < -0.3 is 15.2 Å². The van der Waals surface area contributed by atoms with Crippen LogP contribution in [-0.4, -0.2) is 25.7 Å². The van der Waals surface area contributed by atoms with Gasteiger partial charge in [-0.3, -0.25) is 14.9 Å². The third-order valence-corrected chi connectivity index (χ3v) is 4.09. The number of carbonyl (C=O) groups is 1. The Labute approximate surface area is 168 Å². The molecule has 0 aliphatic rings. The molecule has 0 unspecified atom stereocenters. The van der Waals surface area contributed by atoms with E-state index in [1.54, 1.807) is 12.1 Å². The molecule has 0 radical (unpaired) electrons. The maximum absolute atomic E-state index is 12.3. The van der Waals surface area contributed by atoms with Crippen LogP contribution in [0, 0.1) is 10.1 Å². The summed E-state index contributed by atoms with van der Waals surface area (Å²) in [6.45, 7) is -0.00257. The summed E-state index contributed by atoms with van der Waals surface area (Å²) in [5.74, 6) is -0.626. The lowest BCUT2D eigenvalue weighted by molar-refractivity contribution is -0.384. The summed E-state index contributed by atoms with van der Waals surface area (Å²) in [5, 5.41) is 27.8. The minimum absolute atomic E-state index is 0.00257. The zero-order chi connectivity index (χ0) is 20.3. The summed E-state index contributed by atoms with van der Waals surface area (Å²) in [6.07, 6.45) is 1.52. The molecule has 0 atom stereocenters. The highest BCUT2D eigenvalue weighted by Gasteiger charge is 2.15. The summed E-state index contributed by atoms with van der Waals surface area (Å²) in [6, 6.07) is 9.56. The smallest absolute Gasteiger partial charge is 0.276 e. The molecule has 0 bridgehead atoms. The van der Waals surface area contributed by atoms with Gasteiger partial charge in [0, 0.05) is 17.3 Å². The van der Waals surface area contributed by atoms with Crippen LogP contribution in [0.15, 0.2) is 48.7 Å². The van der Waals surface area contributed by atoms with Crippen molar-refractivity contribution in [2.24, 2.45) is 0 Å². The maximum atomic E-state index is 12.3. The lowest BCUT2D eigenvalue weighted by Crippen LogP contribution is -2.14. The third kappa shape index (κ3) is 4.51. The van der Waals surface area contributed by atoms with Crippen molar-refractivity contribution in [3.8, 4) is 11.5 Å². The van der Waals surface area contributed by atoms with Crippen molar-refractivity contribution in [1.82, 2.24) is 9.78 Å². The van der Waals surface area contributed by atoms with Crippen LogP contribution in [0.2, 0.25) is 10.0 Å². The van der Waals surface area contributed by atoms with Crippen LogP contribution >= 0.6 is 23.2 Å². The van der Waals surface area contributed by atoms with Crippen LogP contribution in [-0.2, 0) is 6.73 Å². The summed E-state index contributed by atoms with van der Waals surface area (Å²) in [5.41, 5.74) is -0.212. The molecular formula is C17H12Cl2N4O5. The van der Waals surface area contributed by atoms with Crippen molar-refractivity contribution in [2.45, 2.75) is 6.73 Å².